The number of hydrogen-bond donors (Lipinski definition) is 2. The number of carboxylic acids is 1. The van der Waals surface area contributed by atoms with Gasteiger partial charge in [-0.25, -0.2) is 0 Å². The Morgan fingerprint density at radius 1 is 1.88 bits per heavy atom. The van der Waals surface area contributed by atoms with Gasteiger partial charge in [0.2, 0.25) is 0 Å². The van der Waals surface area contributed by atoms with Crippen molar-refractivity contribution in [3.8, 4) is 0 Å². The number of nitrogens with one attached hydrogen (secondary N) is 1. The van der Waals surface area contributed by atoms with E-state index in [-0.39, 0.29) is 12.1 Å². The molecule has 2 N–H and O–H groups in total. The summed E-state index contributed by atoms with van der Waals surface area (Å²) in [5.74, 6) is -0.725. The van der Waals surface area contributed by atoms with Crippen LogP contribution in [-0.4, -0.2) is 23.2 Å². The van der Waals surface area contributed by atoms with E-state index in [2.05, 4.69) is 5.32 Å². The Bertz CT molecular complexity index is 113. The Hall–Kier alpha value is -0.570. The summed E-state index contributed by atoms with van der Waals surface area (Å²) >= 11 is 0. The summed E-state index contributed by atoms with van der Waals surface area (Å²) in [5.41, 5.74) is 0. The molecule has 0 spiro atoms. The minimum Gasteiger partial charge on any atom is -0.480 e. The highest BCUT2D eigenvalue weighted by Gasteiger charge is 2.40. The minimum atomic E-state index is -0.725. The van der Waals surface area contributed by atoms with Crippen molar-refractivity contribution in [2.24, 2.45) is 0 Å². The van der Waals surface area contributed by atoms with Crippen LogP contribution in [0.5, 0.6) is 0 Å². The average Bonchev–Trinajstić information content (AvgIpc) is 2.42. The summed E-state index contributed by atoms with van der Waals surface area (Å²) < 4.78 is 0. The quantitative estimate of drug-likeness (QED) is 0.491. The van der Waals surface area contributed by atoms with Gasteiger partial charge in [-0.2, -0.15) is 0 Å². The first-order chi connectivity index (χ1) is 3.75. The van der Waals surface area contributed by atoms with Crippen LogP contribution in [0.4, 0.5) is 0 Å². The fourth-order valence-electron chi connectivity index (χ4n) is 0.772. The summed E-state index contributed by atoms with van der Waals surface area (Å²) in [7, 11) is 0. The Morgan fingerprint density at radius 3 is 2.62 bits per heavy atom. The zero-order valence-corrected chi connectivity index (χ0v) is 4.72. The Balaban J connectivity index is 2.26. The number of aliphatic carboxylic acids is 1. The molecule has 3 nitrogen and oxygen atoms in total. The standard InChI is InChI=1S/C5H9NO2/c1-2-3-4(6-3)5(7)8/h3-4,6H,2H2,1H3,(H,7,8)/t3?,4-/m0/s1. The topological polar surface area (TPSA) is 59.2 Å². The van der Waals surface area contributed by atoms with Crippen molar-refractivity contribution >= 4 is 5.97 Å². The normalized spacial score (nSPS) is 34.6. The average molecular weight is 115 g/mol. The SMILES string of the molecule is CCC1N[C@@H]1C(=O)O. The zero-order valence-electron chi connectivity index (χ0n) is 4.72. The monoisotopic (exact) mass is 115 g/mol. The molecular formula is C5H9NO2. The van der Waals surface area contributed by atoms with Gasteiger partial charge in [0.25, 0.3) is 0 Å². The van der Waals surface area contributed by atoms with E-state index < -0.39 is 5.97 Å². The molecule has 1 saturated heterocycles. The Kier molecular flexibility index (Phi) is 1.21. The van der Waals surface area contributed by atoms with E-state index in [4.69, 9.17) is 5.11 Å². The van der Waals surface area contributed by atoms with Crippen molar-refractivity contribution in [1.29, 1.82) is 0 Å². The molecule has 3 heteroatoms. The second-order valence-corrected chi connectivity index (χ2v) is 2.00. The lowest BCUT2D eigenvalue weighted by molar-refractivity contribution is -0.136. The molecule has 1 unspecified atom stereocenters. The molecule has 2 atom stereocenters. The highest BCUT2D eigenvalue weighted by molar-refractivity contribution is 5.78. The van der Waals surface area contributed by atoms with Crippen LogP contribution in [0.15, 0.2) is 0 Å². The number of carboxylic acid groups (broad SMARTS) is 1. The van der Waals surface area contributed by atoms with Gasteiger partial charge in [-0.1, -0.05) is 6.92 Å². The van der Waals surface area contributed by atoms with Gasteiger partial charge >= 0.3 is 5.97 Å². The smallest absolute Gasteiger partial charge is 0.322 e. The van der Waals surface area contributed by atoms with Crippen molar-refractivity contribution in [3.63, 3.8) is 0 Å². The van der Waals surface area contributed by atoms with Gasteiger partial charge in [0.05, 0.1) is 0 Å². The summed E-state index contributed by atoms with van der Waals surface area (Å²) in [6, 6.07) is -0.00694. The maximum absolute atomic E-state index is 10.1. The fourth-order valence-corrected chi connectivity index (χ4v) is 0.772. The van der Waals surface area contributed by atoms with Crippen LogP contribution in [0.2, 0.25) is 0 Å². The highest BCUT2D eigenvalue weighted by atomic mass is 16.4. The molecule has 0 amide bonds. The van der Waals surface area contributed by atoms with Gasteiger partial charge in [0, 0.05) is 6.04 Å². The molecule has 0 aliphatic carbocycles. The molecule has 1 heterocycles. The van der Waals surface area contributed by atoms with E-state index in [9.17, 15) is 4.79 Å². The summed E-state index contributed by atoms with van der Waals surface area (Å²) in [5, 5.41) is 11.1. The van der Waals surface area contributed by atoms with E-state index in [0.29, 0.717) is 0 Å². The first-order valence-corrected chi connectivity index (χ1v) is 2.74. The maximum atomic E-state index is 10.1. The first kappa shape index (κ1) is 5.56. The van der Waals surface area contributed by atoms with Crippen LogP contribution in [0.25, 0.3) is 0 Å². The highest BCUT2D eigenvalue weighted by Crippen LogP contribution is 2.13. The van der Waals surface area contributed by atoms with Crippen molar-refractivity contribution < 1.29 is 9.90 Å². The zero-order chi connectivity index (χ0) is 6.15. The van der Waals surface area contributed by atoms with Gasteiger partial charge < -0.3 is 5.11 Å². The number of carbonyl (C=O) groups is 1. The molecule has 46 valence electrons. The lowest BCUT2D eigenvalue weighted by atomic mass is 10.3. The third-order valence-corrected chi connectivity index (χ3v) is 1.39. The molecule has 0 aromatic heterocycles. The molecule has 0 radical (unpaired) electrons. The summed E-state index contributed by atoms with van der Waals surface area (Å²) in [6.45, 7) is 1.97. The molecule has 1 fully saturated rings. The largest absolute Gasteiger partial charge is 0.480 e. The summed E-state index contributed by atoms with van der Waals surface area (Å²) in [6.07, 6.45) is 0.914. The van der Waals surface area contributed by atoms with Crippen molar-refractivity contribution in [3.05, 3.63) is 0 Å². The van der Waals surface area contributed by atoms with Crippen LogP contribution < -0.4 is 5.32 Å². The Morgan fingerprint density at radius 2 is 2.50 bits per heavy atom. The molecule has 0 aromatic carbocycles. The lowest BCUT2D eigenvalue weighted by Crippen LogP contribution is -2.08. The maximum Gasteiger partial charge on any atom is 0.322 e. The predicted molar refractivity (Wildman–Crippen MR) is 28.6 cm³/mol. The molecule has 0 bridgehead atoms. The van der Waals surface area contributed by atoms with Gasteiger partial charge in [0.1, 0.15) is 6.04 Å². The first-order valence-electron chi connectivity index (χ1n) is 2.74. The lowest BCUT2D eigenvalue weighted by Gasteiger charge is -1.81. The molecule has 0 aromatic rings. The van der Waals surface area contributed by atoms with E-state index >= 15 is 0 Å². The van der Waals surface area contributed by atoms with Gasteiger partial charge in [-0.3, -0.25) is 10.1 Å². The van der Waals surface area contributed by atoms with E-state index in [1.165, 1.54) is 0 Å². The number of rotatable bonds is 2. The summed E-state index contributed by atoms with van der Waals surface area (Å²) in [4.78, 5) is 10.1. The molecule has 1 aliphatic rings. The van der Waals surface area contributed by atoms with Gasteiger partial charge in [-0.05, 0) is 6.42 Å². The molecule has 8 heavy (non-hydrogen) atoms. The van der Waals surface area contributed by atoms with E-state index in [0.717, 1.165) is 6.42 Å². The molecule has 1 aliphatic heterocycles. The Labute approximate surface area is 47.7 Å². The van der Waals surface area contributed by atoms with Crippen molar-refractivity contribution in [2.45, 2.75) is 25.4 Å². The van der Waals surface area contributed by atoms with Gasteiger partial charge in [-0.15, -0.1) is 0 Å². The number of hydrogen-bond acceptors (Lipinski definition) is 2. The van der Waals surface area contributed by atoms with Crippen molar-refractivity contribution in [1.82, 2.24) is 5.32 Å². The third-order valence-electron chi connectivity index (χ3n) is 1.39. The van der Waals surface area contributed by atoms with E-state index in [1.54, 1.807) is 0 Å². The van der Waals surface area contributed by atoms with Gasteiger partial charge in [0.15, 0.2) is 0 Å². The van der Waals surface area contributed by atoms with Crippen molar-refractivity contribution in [2.75, 3.05) is 0 Å². The van der Waals surface area contributed by atoms with Crippen LogP contribution in [0.3, 0.4) is 0 Å². The molecule has 1 rings (SSSR count). The minimum absolute atomic E-state index is 0.243. The van der Waals surface area contributed by atoms with E-state index in [1.807, 2.05) is 6.92 Å². The fraction of sp³-hybridized carbons (Fsp3) is 0.800. The second kappa shape index (κ2) is 1.74. The second-order valence-electron chi connectivity index (χ2n) is 2.00. The predicted octanol–water partition coefficient (Wildman–Crippen LogP) is -0.179. The van der Waals surface area contributed by atoms with Crippen LogP contribution >= 0.6 is 0 Å². The third kappa shape index (κ3) is 0.816. The molecule has 0 saturated carbocycles. The van der Waals surface area contributed by atoms with Crippen LogP contribution in [0.1, 0.15) is 13.3 Å². The van der Waals surface area contributed by atoms with Crippen LogP contribution in [0, 0.1) is 0 Å². The van der Waals surface area contributed by atoms with Crippen LogP contribution in [-0.2, 0) is 4.79 Å². The molecular weight excluding hydrogens is 106 g/mol.